The van der Waals surface area contributed by atoms with Gasteiger partial charge < -0.3 is 10.1 Å². The number of benzene rings is 1. The summed E-state index contributed by atoms with van der Waals surface area (Å²) >= 11 is 0. The third-order valence-corrected chi connectivity index (χ3v) is 3.07. The van der Waals surface area contributed by atoms with Crippen molar-refractivity contribution in [3.05, 3.63) is 18.2 Å². The van der Waals surface area contributed by atoms with E-state index in [-0.39, 0.29) is 6.03 Å². The predicted molar refractivity (Wildman–Crippen MR) is 87.0 cm³/mol. The zero-order chi connectivity index (χ0) is 15.8. The molecule has 0 aliphatic rings. The molecule has 6 nitrogen and oxygen atoms in total. The Morgan fingerprint density at radius 1 is 1.45 bits per heavy atom. The van der Waals surface area contributed by atoms with Crippen LogP contribution in [0.5, 0.6) is 5.75 Å². The molecule has 116 valence electrons. The van der Waals surface area contributed by atoms with Gasteiger partial charge in [-0.25, -0.2) is 4.79 Å². The zero-order valence-electron chi connectivity index (χ0n) is 12.8. The van der Waals surface area contributed by atoms with Gasteiger partial charge in [0.1, 0.15) is 12.4 Å². The van der Waals surface area contributed by atoms with E-state index in [0.29, 0.717) is 24.7 Å². The maximum absolute atomic E-state index is 11.8. The van der Waals surface area contributed by atoms with Crippen molar-refractivity contribution in [3.63, 3.8) is 0 Å². The van der Waals surface area contributed by atoms with Crippen LogP contribution in [0.15, 0.2) is 18.2 Å². The molecule has 0 bridgehead atoms. The highest BCUT2D eigenvalue weighted by Crippen LogP contribution is 2.25. The SMILES string of the molecule is CC#CCOc1ccc2[nH]nc(NC(=O)NCCCC)c2c1. The minimum atomic E-state index is -0.259. The van der Waals surface area contributed by atoms with Gasteiger partial charge in [-0.3, -0.25) is 10.4 Å². The maximum atomic E-state index is 11.8. The first-order chi connectivity index (χ1) is 10.7. The zero-order valence-corrected chi connectivity index (χ0v) is 12.8. The number of H-pyrrole nitrogens is 1. The molecule has 3 N–H and O–H groups in total. The highest BCUT2D eigenvalue weighted by Gasteiger charge is 2.10. The van der Waals surface area contributed by atoms with Gasteiger partial charge in [0.05, 0.1) is 5.52 Å². The highest BCUT2D eigenvalue weighted by atomic mass is 16.5. The molecule has 2 aromatic rings. The van der Waals surface area contributed by atoms with E-state index in [0.717, 1.165) is 23.7 Å². The Bertz CT molecular complexity index is 697. The Hall–Kier alpha value is -2.68. The Morgan fingerprint density at radius 3 is 3.09 bits per heavy atom. The lowest BCUT2D eigenvalue weighted by Crippen LogP contribution is -2.29. The first-order valence-corrected chi connectivity index (χ1v) is 7.30. The van der Waals surface area contributed by atoms with Crippen LogP contribution in [0.1, 0.15) is 26.7 Å². The van der Waals surface area contributed by atoms with E-state index in [2.05, 4.69) is 39.6 Å². The molecule has 0 radical (unpaired) electrons. The molecule has 1 aromatic carbocycles. The van der Waals surface area contributed by atoms with Crippen molar-refractivity contribution >= 4 is 22.8 Å². The van der Waals surface area contributed by atoms with Crippen LogP contribution in [0.4, 0.5) is 10.6 Å². The number of aromatic nitrogens is 2. The number of amides is 2. The quantitative estimate of drug-likeness (QED) is 0.567. The van der Waals surface area contributed by atoms with E-state index in [1.54, 1.807) is 6.92 Å². The second-order valence-electron chi connectivity index (χ2n) is 4.73. The van der Waals surface area contributed by atoms with Crippen LogP contribution in [-0.2, 0) is 0 Å². The molecule has 1 aromatic heterocycles. The van der Waals surface area contributed by atoms with Gasteiger partial charge in [-0.15, -0.1) is 5.92 Å². The van der Waals surface area contributed by atoms with Gasteiger partial charge in [0.2, 0.25) is 0 Å². The van der Waals surface area contributed by atoms with E-state index < -0.39 is 0 Å². The Morgan fingerprint density at radius 2 is 2.32 bits per heavy atom. The van der Waals surface area contributed by atoms with Gasteiger partial charge in [0.15, 0.2) is 5.82 Å². The van der Waals surface area contributed by atoms with Crippen LogP contribution >= 0.6 is 0 Å². The van der Waals surface area contributed by atoms with Gasteiger partial charge in [0.25, 0.3) is 0 Å². The Labute approximate surface area is 129 Å². The van der Waals surface area contributed by atoms with Gasteiger partial charge >= 0.3 is 6.03 Å². The van der Waals surface area contributed by atoms with E-state index in [9.17, 15) is 4.79 Å². The van der Waals surface area contributed by atoms with Gasteiger partial charge in [-0.05, 0) is 31.5 Å². The molecule has 0 saturated carbocycles. The van der Waals surface area contributed by atoms with Crippen molar-refractivity contribution in [1.29, 1.82) is 0 Å². The molecule has 2 amide bonds. The standard InChI is InChI=1S/C16H20N4O2/c1-3-5-9-17-16(21)18-15-13-11-12(22-10-6-4-2)7-8-14(13)19-20-15/h7-8,11H,3,5,9-10H2,1-2H3,(H3,17,18,19,20,21). The van der Waals surface area contributed by atoms with Crippen LogP contribution in [-0.4, -0.2) is 29.4 Å². The van der Waals surface area contributed by atoms with E-state index in [1.165, 1.54) is 0 Å². The number of aromatic amines is 1. The number of nitrogens with zero attached hydrogens (tertiary/aromatic N) is 1. The predicted octanol–water partition coefficient (Wildman–Crippen LogP) is 2.89. The minimum Gasteiger partial charge on any atom is -0.481 e. The number of anilines is 1. The molecule has 0 saturated heterocycles. The lowest BCUT2D eigenvalue weighted by atomic mass is 10.2. The summed E-state index contributed by atoms with van der Waals surface area (Å²) in [6, 6.07) is 5.27. The largest absolute Gasteiger partial charge is 0.481 e. The Balaban J connectivity index is 2.07. The van der Waals surface area contributed by atoms with Crippen molar-refractivity contribution in [3.8, 4) is 17.6 Å². The summed E-state index contributed by atoms with van der Waals surface area (Å²) in [5.74, 6) is 6.78. The topological polar surface area (TPSA) is 79.0 Å². The Kier molecular flexibility index (Phi) is 5.66. The van der Waals surface area contributed by atoms with Crippen LogP contribution in [0.25, 0.3) is 10.9 Å². The molecule has 0 fully saturated rings. The summed E-state index contributed by atoms with van der Waals surface area (Å²) in [5, 5.41) is 13.3. The van der Waals surface area contributed by atoms with Crippen molar-refractivity contribution in [2.24, 2.45) is 0 Å². The first kappa shape index (κ1) is 15.7. The molecule has 22 heavy (non-hydrogen) atoms. The van der Waals surface area contributed by atoms with Crippen molar-refractivity contribution in [1.82, 2.24) is 15.5 Å². The van der Waals surface area contributed by atoms with Gasteiger partial charge in [-0.2, -0.15) is 5.10 Å². The fraction of sp³-hybridized carbons (Fsp3) is 0.375. The molecule has 0 unspecified atom stereocenters. The first-order valence-electron chi connectivity index (χ1n) is 7.30. The van der Waals surface area contributed by atoms with Gasteiger partial charge in [-0.1, -0.05) is 19.3 Å². The van der Waals surface area contributed by atoms with E-state index in [4.69, 9.17) is 4.74 Å². The number of rotatable bonds is 6. The van der Waals surface area contributed by atoms with E-state index in [1.807, 2.05) is 18.2 Å². The summed E-state index contributed by atoms with van der Waals surface area (Å²) in [6.45, 7) is 4.82. The fourth-order valence-electron chi connectivity index (χ4n) is 1.90. The highest BCUT2D eigenvalue weighted by molar-refractivity contribution is 5.99. The maximum Gasteiger partial charge on any atom is 0.320 e. The number of nitrogens with one attached hydrogen (secondary N) is 3. The average molecular weight is 300 g/mol. The molecule has 1 heterocycles. The smallest absolute Gasteiger partial charge is 0.320 e. The summed E-state index contributed by atoms with van der Waals surface area (Å²) in [5.41, 5.74) is 0.831. The summed E-state index contributed by atoms with van der Waals surface area (Å²) in [4.78, 5) is 11.8. The van der Waals surface area contributed by atoms with Crippen LogP contribution in [0.3, 0.4) is 0 Å². The van der Waals surface area contributed by atoms with Crippen molar-refractivity contribution in [2.75, 3.05) is 18.5 Å². The number of hydrogen-bond donors (Lipinski definition) is 3. The normalized spacial score (nSPS) is 9.91. The third kappa shape index (κ3) is 4.16. The molecule has 0 aliphatic heterocycles. The molecule has 6 heteroatoms. The number of hydrogen-bond acceptors (Lipinski definition) is 3. The second kappa shape index (κ2) is 7.93. The number of fused-ring (bicyclic) bond motifs is 1. The van der Waals surface area contributed by atoms with Crippen LogP contribution < -0.4 is 15.4 Å². The van der Waals surface area contributed by atoms with Crippen LogP contribution in [0.2, 0.25) is 0 Å². The summed E-state index contributed by atoms with van der Waals surface area (Å²) < 4.78 is 5.52. The van der Waals surface area contributed by atoms with E-state index >= 15 is 0 Å². The molecule has 2 rings (SSSR count). The van der Waals surface area contributed by atoms with Gasteiger partial charge in [0, 0.05) is 11.9 Å². The number of carbonyl (C=O) groups excluding carboxylic acids is 1. The average Bonchev–Trinajstić information content (AvgIpc) is 2.90. The molecular formula is C16H20N4O2. The van der Waals surface area contributed by atoms with Crippen molar-refractivity contribution < 1.29 is 9.53 Å². The molecular weight excluding hydrogens is 280 g/mol. The molecule has 0 spiro atoms. The third-order valence-electron chi connectivity index (χ3n) is 3.07. The minimum absolute atomic E-state index is 0.259. The van der Waals surface area contributed by atoms with Crippen LogP contribution in [0, 0.1) is 11.8 Å². The number of unbranched alkanes of at least 4 members (excludes halogenated alkanes) is 1. The number of carbonyl (C=O) groups is 1. The summed E-state index contributed by atoms with van der Waals surface area (Å²) in [7, 11) is 0. The summed E-state index contributed by atoms with van der Waals surface area (Å²) in [6.07, 6.45) is 1.98. The molecule has 0 aliphatic carbocycles. The molecule has 0 atom stereocenters. The number of ether oxygens (including phenoxy) is 1. The lowest BCUT2D eigenvalue weighted by Gasteiger charge is -2.05. The lowest BCUT2D eigenvalue weighted by molar-refractivity contribution is 0.252. The fourth-order valence-corrected chi connectivity index (χ4v) is 1.90. The monoisotopic (exact) mass is 300 g/mol. The van der Waals surface area contributed by atoms with Crippen molar-refractivity contribution in [2.45, 2.75) is 26.7 Å². The second-order valence-corrected chi connectivity index (χ2v) is 4.73. The number of urea groups is 1.